The predicted molar refractivity (Wildman–Crippen MR) is 54.4 cm³/mol. The van der Waals surface area contributed by atoms with E-state index in [0.717, 1.165) is 12.3 Å². The number of hydrogen-bond acceptors (Lipinski definition) is 1. The van der Waals surface area contributed by atoms with Crippen LogP contribution in [0.4, 0.5) is 0 Å². The van der Waals surface area contributed by atoms with Crippen molar-refractivity contribution in [2.45, 2.75) is 53.1 Å². The Morgan fingerprint density at radius 1 is 1.23 bits per heavy atom. The standard InChI is InChI=1S/C12H22O/c1-8-5-9-10(13)6-12(8,4)7-11(9,2)3/h8-10,13H,5-7H2,1-4H3. The van der Waals surface area contributed by atoms with E-state index in [9.17, 15) is 5.11 Å². The molecule has 0 saturated heterocycles. The van der Waals surface area contributed by atoms with Gasteiger partial charge >= 0.3 is 0 Å². The molecule has 0 aromatic rings. The van der Waals surface area contributed by atoms with Crippen molar-refractivity contribution in [3.8, 4) is 0 Å². The molecule has 3 rings (SSSR count). The molecule has 4 unspecified atom stereocenters. The molecule has 3 aliphatic rings. The third kappa shape index (κ3) is 1.24. The third-order valence-corrected chi connectivity index (χ3v) is 4.80. The van der Waals surface area contributed by atoms with Crippen molar-refractivity contribution in [2.24, 2.45) is 22.7 Å². The number of fused-ring (bicyclic) bond motifs is 3. The molecule has 0 aromatic heterocycles. The van der Waals surface area contributed by atoms with Crippen LogP contribution in [0.5, 0.6) is 0 Å². The van der Waals surface area contributed by atoms with Gasteiger partial charge in [-0.3, -0.25) is 0 Å². The van der Waals surface area contributed by atoms with Crippen molar-refractivity contribution in [3.05, 3.63) is 0 Å². The molecule has 4 atom stereocenters. The Morgan fingerprint density at radius 2 is 1.85 bits per heavy atom. The van der Waals surface area contributed by atoms with E-state index in [1.165, 1.54) is 12.8 Å². The Labute approximate surface area is 81.5 Å². The van der Waals surface area contributed by atoms with E-state index in [1.807, 2.05) is 0 Å². The summed E-state index contributed by atoms with van der Waals surface area (Å²) in [6, 6.07) is 0. The van der Waals surface area contributed by atoms with Crippen LogP contribution in [0.3, 0.4) is 0 Å². The van der Waals surface area contributed by atoms with Crippen LogP contribution in [-0.2, 0) is 0 Å². The van der Waals surface area contributed by atoms with E-state index in [1.54, 1.807) is 0 Å². The number of aliphatic hydroxyl groups excluding tert-OH is 1. The lowest BCUT2D eigenvalue weighted by molar-refractivity contribution is -0.144. The van der Waals surface area contributed by atoms with Crippen LogP contribution < -0.4 is 0 Å². The third-order valence-electron chi connectivity index (χ3n) is 4.80. The topological polar surface area (TPSA) is 20.2 Å². The minimum atomic E-state index is -0.0371. The van der Waals surface area contributed by atoms with Crippen molar-refractivity contribution < 1.29 is 5.11 Å². The van der Waals surface area contributed by atoms with Crippen LogP contribution in [0.25, 0.3) is 0 Å². The van der Waals surface area contributed by atoms with Crippen LogP contribution in [0.1, 0.15) is 47.0 Å². The first-order valence-corrected chi connectivity index (χ1v) is 5.53. The summed E-state index contributed by atoms with van der Waals surface area (Å²) in [7, 11) is 0. The molecule has 76 valence electrons. The summed E-state index contributed by atoms with van der Waals surface area (Å²) in [5.74, 6) is 1.35. The van der Waals surface area contributed by atoms with E-state index in [4.69, 9.17) is 0 Å². The van der Waals surface area contributed by atoms with Gasteiger partial charge in [-0.2, -0.15) is 0 Å². The molecule has 1 N–H and O–H groups in total. The van der Waals surface area contributed by atoms with Crippen LogP contribution >= 0.6 is 0 Å². The molecule has 13 heavy (non-hydrogen) atoms. The van der Waals surface area contributed by atoms with Gasteiger partial charge in [0.15, 0.2) is 0 Å². The molecule has 1 heteroatoms. The summed E-state index contributed by atoms with van der Waals surface area (Å²) in [6.07, 6.45) is 3.51. The first-order valence-electron chi connectivity index (χ1n) is 5.53. The highest BCUT2D eigenvalue weighted by atomic mass is 16.3. The lowest BCUT2D eigenvalue weighted by Crippen LogP contribution is -2.54. The fraction of sp³-hybridized carbons (Fsp3) is 1.00. The quantitative estimate of drug-likeness (QED) is 0.611. The van der Waals surface area contributed by atoms with Gasteiger partial charge in [0.05, 0.1) is 6.10 Å². The lowest BCUT2D eigenvalue weighted by Gasteiger charge is -2.59. The minimum absolute atomic E-state index is 0.0371. The summed E-state index contributed by atoms with van der Waals surface area (Å²) in [6.45, 7) is 9.36. The second kappa shape index (κ2) is 2.50. The summed E-state index contributed by atoms with van der Waals surface area (Å²) < 4.78 is 0. The van der Waals surface area contributed by atoms with Gasteiger partial charge in [0.1, 0.15) is 0 Å². The molecular weight excluding hydrogens is 160 g/mol. The predicted octanol–water partition coefficient (Wildman–Crippen LogP) is 2.83. The molecule has 0 heterocycles. The summed E-state index contributed by atoms with van der Waals surface area (Å²) in [5.41, 5.74) is 0.761. The average molecular weight is 182 g/mol. The maximum atomic E-state index is 10.0. The Morgan fingerprint density at radius 3 is 2.31 bits per heavy atom. The largest absolute Gasteiger partial charge is 0.393 e. The maximum Gasteiger partial charge on any atom is 0.0578 e. The Balaban J connectivity index is 2.32. The number of rotatable bonds is 0. The average Bonchev–Trinajstić information content (AvgIpc) is 1.92. The monoisotopic (exact) mass is 182 g/mol. The highest BCUT2D eigenvalue weighted by Gasteiger charge is 2.54. The van der Waals surface area contributed by atoms with Crippen LogP contribution in [-0.4, -0.2) is 11.2 Å². The zero-order valence-corrected chi connectivity index (χ0v) is 9.30. The van der Waals surface area contributed by atoms with Crippen molar-refractivity contribution in [1.29, 1.82) is 0 Å². The molecule has 0 aromatic carbocycles. The molecule has 3 aliphatic carbocycles. The van der Waals surface area contributed by atoms with Crippen molar-refractivity contribution in [2.75, 3.05) is 0 Å². The molecule has 0 radical (unpaired) electrons. The van der Waals surface area contributed by atoms with Gasteiger partial charge in [-0.25, -0.2) is 0 Å². The van der Waals surface area contributed by atoms with Gasteiger partial charge in [-0.1, -0.05) is 27.7 Å². The summed E-state index contributed by atoms with van der Waals surface area (Å²) in [4.78, 5) is 0. The molecule has 1 nitrogen and oxygen atoms in total. The molecule has 0 aliphatic heterocycles. The zero-order valence-electron chi connectivity index (χ0n) is 9.30. The molecular formula is C12H22O. The minimum Gasteiger partial charge on any atom is -0.393 e. The van der Waals surface area contributed by atoms with E-state index >= 15 is 0 Å². The van der Waals surface area contributed by atoms with E-state index in [-0.39, 0.29) is 6.10 Å². The van der Waals surface area contributed by atoms with Gasteiger partial charge in [0.2, 0.25) is 0 Å². The number of aliphatic hydroxyl groups is 1. The van der Waals surface area contributed by atoms with Crippen molar-refractivity contribution in [1.82, 2.24) is 0 Å². The number of hydrogen-bond donors (Lipinski definition) is 1. The normalized spacial score (nSPS) is 53.8. The van der Waals surface area contributed by atoms with Crippen molar-refractivity contribution >= 4 is 0 Å². The van der Waals surface area contributed by atoms with Gasteiger partial charge in [-0.15, -0.1) is 0 Å². The molecule has 2 bridgehead atoms. The second-order valence-corrected chi connectivity index (χ2v) is 6.33. The zero-order chi connectivity index (χ0) is 9.85. The van der Waals surface area contributed by atoms with Crippen LogP contribution in [0, 0.1) is 22.7 Å². The van der Waals surface area contributed by atoms with E-state index in [2.05, 4.69) is 27.7 Å². The van der Waals surface area contributed by atoms with Crippen molar-refractivity contribution in [3.63, 3.8) is 0 Å². The fourth-order valence-corrected chi connectivity index (χ4v) is 3.90. The summed E-state index contributed by atoms with van der Waals surface area (Å²) in [5, 5.41) is 10.0. The van der Waals surface area contributed by atoms with E-state index in [0.29, 0.717) is 16.7 Å². The van der Waals surface area contributed by atoms with Gasteiger partial charge in [0.25, 0.3) is 0 Å². The fourth-order valence-electron chi connectivity index (χ4n) is 3.90. The smallest absolute Gasteiger partial charge is 0.0578 e. The van der Waals surface area contributed by atoms with Crippen LogP contribution in [0.15, 0.2) is 0 Å². The SMILES string of the molecule is CC1CC2C(O)CC1(C)CC2(C)C. The first-order chi connectivity index (χ1) is 5.85. The Kier molecular flexibility index (Phi) is 1.83. The molecule has 0 spiro atoms. The van der Waals surface area contributed by atoms with Gasteiger partial charge in [0, 0.05) is 0 Å². The Hall–Kier alpha value is -0.0400. The second-order valence-electron chi connectivity index (χ2n) is 6.33. The summed E-state index contributed by atoms with van der Waals surface area (Å²) >= 11 is 0. The highest BCUT2D eigenvalue weighted by molar-refractivity contribution is 5.04. The maximum absolute atomic E-state index is 10.0. The molecule has 3 saturated carbocycles. The first kappa shape index (κ1) is 9.51. The van der Waals surface area contributed by atoms with Gasteiger partial charge in [-0.05, 0) is 41.9 Å². The van der Waals surface area contributed by atoms with E-state index < -0.39 is 0 Å². The molecule has 3 fully saturated rings. The van der Waals surface area contributed by atoms with Gasteiger partial charge < -0.3 is 5.11 Å². The highest BCUT2D eigenvalue weighted by Crippen LogP contribution is 2.60. The van der Waals surface area contributed by atoms with Crippen LogP contribution in [0.2, 0.25) is 0 Å². The molecule has 0 amide bonds. The Bertz CT molecular complexity index is 221. The lowest BCUT2D eigenvalue weighted by atomic mass is 9.47.